The van der Waals surface area contributed by atoms with Crippen molar-refractivity contribution in [2.45, 2.75) is 45.1 Å². The molecule has 2 saturated heterocycles. The summed E-state index contributed by atoms with van der Waals surface area (Å²) in [7, 11) is 0. The van der Waals surface area contributed by atoms with Crippen LogP contribution < -0.4 is 0 Å². The van der Waals surface area contributed by atoms with Gasteiger partial charge in [0.1, 0.15) is 0 Å². The number of pyridine rings is 1. The van der Waals surface area contributed by atoms with E-state index in [0.717, 1.165) is 63.7 Å². The van der Waals surface area contributed by atoms with E-state index in [-0.39, 0.29) is 29.6 Å². The van der Waals surface area contributed by atoms with E-state index in [1.807, 2.05) is 28.1 Å². The molecule has 1 N–H and O–H groups in total. The van der Waals surface area contributed by atoms with Crippen molar-refractivity contribution in [3.05, 3.63) is 42.2 Å². The molecule has 0 bridgehead atoms. The van der Waals surface area contributed by atoms with Gasteiger partial charge in [-0.3, -0.25) is 19.4 Å². The number of likely N-dealkylation sites (tertiary alicyclic amines) is 2. The van der Waals surface area contributed by atoms with Gasteiger partial charge in [0.25, 0.3) is 6.47 Å². The fourth-order valence-corrected chi connectivity index (χ4v) is 4.71. The molecule has 2 amide bonds. The zero-order chi connectivity index (χ0) is 20.7. The standard InChI is InChI=1S/C21H27N3O2.CH2O2/c25-19(18-6-1-2-7-18)23-13-9-21(10-14-23)8-4-12-24(20(21)26)16-17-5-3-11-22-15-17;2-1-3/h1-3,5,11,15,18H,4,6-10,12-14,16H2;1H,(H,2,3). The molecular formula is C22H29N3O4. The Morgan fingerprint density at radius 1 is 1.21 bits per heavy atom. The first-order valence-electron chi connectivity index (χ1n) is 10.3. The third kappa shape index (κ3) is 4.83. The van der Waals surface area contributed by atoms with Crippen molar-refractivity contribution >= 4 is 18.3 Å². The van der Waals surface area contributed by atoms with Gasteiger partial charge in [0.2, 0.25) is 11.8 Å². The minimum atomic E-state index is -0.259. The summed E-state index contributed by atoms with van der Waals surface area (Å²) < 4.78 is 0. The van der Waals surface area contributed by atoms with Gasteiger partial charge >= 0.3 is 0 Å². The number of carboxylic acid groups (broad SMARTS) is 1. The first-order chi connectivity index (χ1) is 14.1. The monoisotopic (exact) mass is 399 g/mol. The van der Waals surface area contributed by atoms with Crippen LogP contribution in [0.2, 0.25) is 0 Å². The minimum Gasteiger partial charge on any atom is -0.483 e. The predicted molar refractivity (Wildman–Crippen MR) is 108 cm³/mol. The van der Waals surface area contributed by atoms with E-state index in [9.17, 15) is 9.59 Å². The second kappa shape index (κ2) is 9.67. The van der Waals surface area contributed by atoms with Crippen LogP contribution in [-0.2, 0) is 20.9 Å². The molecule has 1 aromatic heterocycles. The van der Waals surface area contributed by atoms with Crippen LogP contribution in [0.5, 0.6) is 0 Å². The molecule has 0 radical (unpaired) electrons. The molecule has 3 heterocycles. The molecule has 0 aromatic carbocycles. The SMILES string of the molecule is O=C(C1CC=CC1)N1CCC2(CCCN(Cc3cccnc3)C2=O)CC1.O=CO. The third-order valence-electron chi connectivity index (χ3n) is 6.31. The molecule has 156 valence electrons. The zero-order valence-electron chi connectivity index (χ0n) is 16.7. The van der Waals surface area contributed by atoms with Gasteiger partial charge in [-0.15, -0.1) is 0 Å². The number of hydrogen-bond acceptors (Lipinski definition) is 4. The van der Waals surface area contributed by atoms with E-state index in [1.54, 1.807) is 6.20 Å². The van der Waals surface area contributed by atoms with Crippen molar-refractivity contribution in [2.75, 3.05) is 19.6 Å². The first-order valence-corrected chi connectivity index (χ1v) is 10.3. The maximum absolute atomic E-state index is 13.2. The number of carbonyl (C=O) groups excluding carboxylic acids is 2. The van der Waals surface area contributed by atoms with Crippen LogP contribution in [0, 0.1) is 11.3 Å². The molecule has 0 saturated carbocycles. The molecule has 1 aliphatic carbocycles. The lowest BCUT2D eigenvalue weighted by molar-refractivity contribution is -0.154. The van der Waals surface area contributed by atoms with E-state index in [1.165, 1.54) is 0 Å². The van der Waals surface area contributed by atoms with Gasteiger partial charge in [0.15, 0.2) is 0 Å². The highest BCUT2D eigenvalue weighted by atomic mass is 16.3. The zero-order valence-corrected chi connectivity index (χ0v) is 16.7. The Kier molecular flexibility index (Phi) is 7.01. The average Bonchev–Trinajstić information content (AvgIpc) is 3.28. The number of aromatic nitrogens is 1. The fourth-order valence-electron chi connectivity index (χ4n) is 4.71. The number of nitrogens with zero attached hydrogens (tertiary/aromatic N) is 3. The fraction of sp³-hybridized carbons (Fsp3) is 0.545. The average molecular weight is 399 g/mol. The second-order valence-electron chi connectivity index (χ2n) is 8.04. The lowest BCUT2D eigenvalue weighted by atomic mass is 9.71. The second-order valence-corrected chi connectivity index (χ2v) is 8.04. The first kappa shape index (κ1) is 21.0. The predicted octanol–water partition coefficient (Wildman–Crippen LogP) is 2.48. The summed E-state index contributed by atoms with van der Waals surface area (Å²) >= 11 is 0. The summed E-state index contributed by atoms with van der Waals surface area (Å²) in [5.74, 6) is 0.691. The van der Waals surface area contributed by atoms with E-state index in [0.29, 0.717) is 6.54 Å². The molecule has 2 fully saturated rings. The van der Waals surface area contributed by atoms with Crippen LogP contribution in [0.25, 0.3) is 0 Å². The van der Waals surface area contributed by atoms with Crippen molar-refractivity contribution in [3.63, 3.8) is 0 Å². The van der Waals surface area contributed by atoms with E-state index >= 15 is 0 Å². The van der Waals surface area contributed by atoms with Crippen molar-refractivity contribution in [1.29, 1.82) is 0 Å². The van der Waals surface area contributed by atoms with E-state index in [2.05, 4.69) is 17.1 Å². The lowest BCUT2D eigenvalue weighted by Gasteiger charge is -2.46. The topological polar surface area (TPSA) is 90.8 Å². The number of amides is 2. The maximum atomic E-state index is 13.2. The summed E-state index contributed by atoms with van der Waals surface area (Å²) in [4.78, 5) is 42.4. The number of hydrogen-bond donors (Lipinski definition) is 1. The quantitative estimate of drug-likeness (QED) is 0.623. The Hall–Kier alpha value is -2.70. The number of allylic oxidation sites excluding steroid dienone is 2. The molecule has 0 unspecified atom stereocenters. The molecule has 1 spiro atoms. The highest BCUT2D eigenvalue weighted by Gasteiger charge is 2.46. The summed E-state index contributed by atoms with van der Waals surface area (Å²) in [5, 5.41) is 6.89. The highest BCUT2D eigenvalue weighted by Crippen LogP contribution is 2.41. The molecule has 7 heteroatoms. The number of piperidine rings is 2. The smallest absolute Gasteiger partial charge is 0.290 e. The molecule has 3 aliphatic rings. The highest BCUT2D eigenvalue weighted by molar-refractivity contribution is 5.84. The van der Waals surface area contributed by atoms with Crippen molar-refractivity contribution in [3.8, 4) is 0 Å². The Morgan fingerprint density at radius 2 is 1.90 bits per heavy atom. The summed E-state index contributed by atoms with van der Waals surface area (Å²) in [6.07, 6.45) is 13.2. The molecular weight excluding hydrogens is 370 g/mol. The minimum absolute atomic E-state index is 0.133. The molecule has 4 rings (SSSR count). The normalized spacial score (nSPS) is 21.0. The van der Waals surface area contributed by atoms with Gasteiger partial charge in [-0.05, 0) is 50.2 Å². The lowest BCUT2D eigenvalue weighted by Crippen LogP contribution is -2.54. The Labute approximate surface area is 171 Å². The number of rotatable bonds is 3. The van der Waals surface area contributed by atoms with E-state index in [4.69, 9.17) is 9.90 Å². The molecule has 2 aliphatic heterocycles. The molecule has 29 heavy (non-hydrogen) atoms. The summed E-state index contributed by atoms with van der Waals surface area (Å²) in [6.45, 7) is 2.67. The van der Waals surface area contributed by atoms with Crippen molar-refractivity contribution in [2.24, 2.45) is 11.3 Å². The van der Waals surface area contributed by atoms with Crippen LogP contribution in [-0.4, -0.2) is 57.8 Å². The Balaban J connectivity index is 0.000000755. The van der Waals surface area contributed by atoms with Crippen molar-refractivity contribution < 1.29 is 19.5 Å². The summed E-state index contributed by atoms with van der Waals surface area (Å²) in [5.41, 5.74) is 0.824. The molecule has 7 nitrogen and oxygen atoms in total. The third-order valence-corrected chi connectivity index (χ3v) is 6.31. The molecule has 0 atom stereocenters. The van der Waals surface area contributed by atoms with Gasteiger partial charge < -0.3 is 14.9 Å². The number of carbonyl (C=O) groups is 3. The van der Waals surface area contributed by atoms with Gasteiger partial charge in [0.05, 0.1) is 5.41 Å². The van der Waals surface area contributed by atoms with Crippen LogP contribution in [0.15, 0.2) is 36.7 Å². The van der Waals surface area contributed by atoms with Gasteiger partial charge in [-0.25, -0.2) is 0 Å². The Bertz CT molecular complexity index is 734. The summed E-state index contributed by atoms with van der Waals surface area (Å²) in [6, 6.07) is 3.94. The van der Waals surface area contributed by atoms with Gasteiger partial charge in [-0.1, -0.05) is 18.2 Å². The Morgan fingerprint density at radius 3 is 2.52 bits per heavy atom. The van der Waals surface area contributed by atoms with E-state index < -0.39 is 0 Å². The van der Waals surface area contributed by atoms with Gasteiger partial charge in [-0.2, -0.15) is 0 Å². The van der Waals surface area contributed by atoms with Gasteiger partial charge in [0, 0.05) is 44.5 Å². The van der Waals surface area contributed by atoms with Crippen LogP contribution in [0.3, 0.4) is 0 Å². The van der Waals surface area contributed by atoms with Crippen LogP contribution in [0.1, 0.15) is 44.1 Å². The molecule has 1 aromatic rings. The largest absolute Gasteiger partial charge is 0.483 e. The van der Waals surface area contributed by atoms with Crippen LogP contribution >= 0.6 is 0 Å². The van der Waals surface area contributed by atoms with Crippen LogP contribution in [0.4, 0.5) is 0 Å². The maximum Gasteiger partial charge on any atom is 0.290 e. The van der Waals surface area contributed by atoms with Crippen molar-refractivity contribution in [1.82, 2.24) is 14.8 Å².